The van der Waals surface area contributed by atoms with Crippen LogP contribution in [-0.4, -0.2) is 46.2 Å². The molecule has 0 bridgehead atoms. The van der Waals surface area contributed by atoms with Gasteiger partial charge in [0.2, 0.25) is 5.91 Å². The molecule has 0 N–H and O–H groups in total. The van der Waals surface area contributed by atoms with E-state index in [-0.39, 0.29) is 23.7 Å². The van der Waals surface area contributed by atoms with Crippen LogP contribution in [0.2, 0.25) is 5.02 Å². The number of fused-ring (bicyclic) bond motifs is 1. The number of likely N-dealkylation sites (tertiary alicyclic amines) is 2. The predicted octanol–water partition coefficient (Wildman–Crippen LogP) is 3.14. The maximum atomic E-state index is 12.9. The first kappa shape index (κ1) is 17.5. The molecule has 4 rings (SSSR count). The van der Waals surface area contributed by atoms with Gasteiger partial charge in [-0.05, 0) is 31.5 Å². The number of rotatable bonds is 3. The van der Waals surface area contributed by atoms with Gasteiger partial charge in [-0.25, -0.2) is 4.98 Å². The highest BCUT2D eigenvalue weighted by Gasteiger charge is 2.47. The van der Waals surface area contributed by atoms with Gasteiger partial charge in [0.1, 0.15) is 0 Å². The molecule has 2 fully saturated rings. The Balaban J connectivity index is 1.44. The van der Waals surface area contributed by atoms with Crippen molar-refractivity contribution in [2.75, 3.05) is 19.6 Å². The van der Waals surface area contributed by atoms with Crippen molar-refractivity contribution in [2.45, 2.75) is 20.4 Å². The first-order valence-corrected chi connectivity index (χ1v) is 9.94. The summed E-state index contributed by atoms with van der Waals surface area (Å²) >= 11 is 7.75. The SMILES string of the molecule is Cc1nc(CN2C[C@@H]3CN(C(=O)c4cccc(Cl)c4C)C[C@@H]3C2=O)cs1. The first-order valence-electron chi connectivity index (χ1n) is 8.68. The Morgan fingerprint density at radius 3 is 2.81 bits per heavy atom. The first-order chi connectivity index (χ1) is 12.4. The lowest BCUT2D eigenvalue weighted by molar-refractivity contribution is -0.131. The molecular weight excluding hydrogens is 370 g/mol. The molecule has 2 aromatic rings. The Kier molecular flexibility index (Phi) is 4.49. The van der Waals surface area contributed by atoms with Gasteiger partial charge in [0.15, 0.2) is 0 Å². The molecule has 26 heavy (non-hydrogen) atoms. The lowest BCUT2D eigenvalue weighted by Crippen LogP contribution is -2.35. The molecule has 2 atom stereocenters. The van der Waals surface area contributed by atoms with Crippen LogP contribution in [0.25, 0.3) is 0 Å². The normalized spacial score (nSPS) is 22.2. The fourth-order valence-electron chi connectivity index (χ4n) is 3.94. The lowest BCUT2D eigenvalue weighted by Gasteiger charge is -2.22. The van der Waals surface area contributed by atoms with Crippen molar-refractivity contribution in [3.63, 3.8) is 0 Å². The van der Waals surface area contributed by atoms with Crippen molar-refractivity contribution in [3.05, 3.63) is 50.4 Å². The summed E-state index contributed by atoms with van der Waals surface area (Å²) in [5.41, 5.74) is 2.37. The Hall–Kier alpha value is -1.92. The van der Waals surface area contributed by atoms with Crippen LogP contribution in [0.4, 0.5) is 0 Å². The standard InChI is InChI=1S/C19H20ClN3O2S/c1-11-15(4-3-5-17(11)20)18(24)23-7-13-6-22(19(25)16(13)9-23)8-14-10-26-12(2)21-14/h3-5,10,13,16H,6-9H2,1-2H3/t13-,16+/m1/s1. The number of benzene rings is 1. The van der Waals surface area contributed by atoms with Crippen molar-refractivity contribution >= 4 is 34.8 Å². The molecule has 2 amide bonds. The molecule has 0 spiro atoms. The summed E-state index contributed by atoms with van der Waals surface area (Å²) in [6.07, 6.45) is 0. The van der Waals surface area contributed by atoms with Crippen molar-refractivity contribution in [3.8, 4) is 0 Å². The molecule has 0 unspecified atom stereocenters. The minimum absolute atomic E-state index is 0.0334. The zero-order chi connectivity index (χ0) is 18.4. The van der Waals surface area contributed by atoms with Gasteiger partial charge in [-0.15, -0.1) is 11.3 Å². The molecule has 2 saturated heterocycles. The van der Waals surface area contributed by atoms with Crippen LogP contribution in [0.1, 0.15) is 26.6 Å². The highest BCUT2D eigenvalue weighted by molar-refractivity contribution is 7.09. The molecule has 3 heterocycles. The number of carbonyl (C=O) groups is 2. The van der Waals surface area contributed by atoms with Gasteiger partial charge >= 0.3 is 0 Å². The van der Waals surface area contributed by atoms with Crippen LogP contribution in [0.15, 0.2) is 23.6 Å². The minimum Gasteiger partial charge on any atom is -0.337 e. The molecule has 136 valence electrons. The van der Waals surface area contributed by atoms with E-state index in [1.54, 1.807) is 34.4 Å². The average molecular weight is 390 g/mol. The highest BCUT2D eigenvalue weighted by Crippen LogP contribution is 2.34. The molecule has 5 nitrogen and oxygen atoms in total. The third kappa shape index (κ3) is 3.01. The molecule has 7 heteroatoms. The monoisotopic (exact) mass is 389 g/mol. The molecule has 2 aliphatic heterocycles. The third-order valence-electron chi connectivity index (χ3n) is 5.33. The third-order valence-corrected chi connectivity index (χ3v) is 6.56. The van der Waals surface area contributed by atoms with Crippen LogP contribution in [-0.2, 0) is 11.3 Å². The highest BCUT2D eigenvalue weighted by atomic mass is 35.5. The molecule has 0 saturated carbocycles. The van der Waals surface area contributed by atoms with Crippen molar-refractivity contribution in [2.24, 2.45) is 11.8 Å². The maximum Gasteiger partial charge on any atom is 0.254 e. The van der Waals surface area contributed by atoms with Gasteiger partial charge in [-0.3, -0.25) is 9.59 Å². The number of thiazole rings is 1. The van der Waals surface area contributed by atoms with E-state index >= 15 is 0 Å². The number of aromatic nitrogens is 1. The van der Waals surface area contributed by atoms with Crippen LogP contribution < -0.4 is 0 Å². The summed E-state index contributed by atoms with van der Waals surface area (Å²) in [4.78, 5) is 33.8. The van der Waals surface area contributed by atoms with Gasteiger partial charge in [-0.2, -0.15) is 0 Å². The second-order valence-electron chi connectivity index (χ2n) is 7.07. The van der Waals surface area contributed by atoms with Crippen LogP contribution in [0, 0.1) is 25.7 Å². The Labute approximate surface area is 161 Å². The topological polar surface area (TPSA) is 53.5 Å². The van der Waals surface area contributed by atoms with Crippen LogP contribution >= 0.6 is 22.9 Å². The summed E-state index contributed by atoms with van der Waals surface area (Å²) in [5.74, 6) is 0.205. The van der Waals surface area contributed by atoms with E-state index in [0.717, 1.165) is 16.3 Å². The van der Waals surface area contributed by atoms with Crippen LogP contribution in [0.5, 0.6) is 0 Å². The summed E-state index contributed by atoms with van der Waals surface area (Å²) in [6, 6.07) is 5.38. The van der Waals surface area contributed by atoms with Gasteiger partial charge < -0.3 is 9.80 Å². The van der Waals surface area contributed by atoms with E-state index in [1.165, 1.54) is 0 Å². The second kappa shape index (κ2) is 6.67. The Morgan fingerprint density at radius 1 is 1.31 bits per heavy atom. The summed E-state index contributed by atoms with van der Waals surface area (Å²) < 4.78 is 0. The van der Waals surface area contributed by atoms with E-state index in [1.807, 2.05) is 24.1 Å². The Morgan fingerprint density at radius 2 is 2.12 bits per heavy atom. The van der Waals surface area contributed by atoms with Gasteiger partial charge in [-0.1, -0.05) is 17.7 Å². The van der Waals surface area contributed by atoms with Gasteiger partial charge in [0.05, 0.1) is 23.2 Å². The fraction of sp³-hybridized carbons (Fsp3) is 0.421. The summed E-state index contributed by atoms with van der Waals surface area (Å²) in [5, 5.41) is 3.62. The maximum absolute atomic E-state index is 12.9. The number of nitrogens with zero attached hydrogens (tertiary/aromatic N) is 3. The largest absolute Gasteiger partial charge is 0.337 e. The molecule has 0 radical (unpaired) electrons. The predicted molar refractivity (Wildman–Crippen MR) is 101 cm³/mol. The van der Waals surface area contributed by atoms with Crippen molar-refractivity contribution in [1.29, 1.82) is 0 Å². The van der Waals surface area contributed by atoms with Crippen molar-refractivity contribution in [1.82, 2.24) is 14.8 Å². The smallest absolute Gasteiger partial charge is 0.254 e. The fourth-order valence-corrected chi connectivity index (χ4v) is 4.72. The van der Waals surface area contributed by atoms with E-state index in [4.69, 9.17) is 11.6 Å². The zero-order valence-corrected chi connectivity index (χ0v) is 16.3. The van der Waals surface area contributed by atoms with E-state index in [0.29, 0.717) is 36.8 Å². The molecular formula is C19H20ClN3O2S. The number of aryl methyl sites for hydroxylation is 1. The van der Waals surface area contributed by atoms with Gasteiger partial charge in [0.25, 0.3) is 5.91 Å². The number of halogens is 1. The quantitative estimate of drug-likeness (QED) is 0.810. The lowest BCUT2D eigenvalue weighted by atomic mass is 10.0. The average Bonchev–Trinajstić information content (AvgIpc) is 3.28. The van der Waals surface area contributed by atoms with Gasteiger partial charge in [0, 0.05) is 41.5 Å². The van der Waals surface area contributed by atoms with E-state index in [2.05, 4.69) is 4.98 Å². The number of carbonyl (C=O) groups excluding carboxylic acids is 2. The van der Waals surface area contributed by atoms with Crippen LogP contribution in [0.3, 0.4) is 0 Å². The van der Waals surface area contributed by atoms with Crippen molar-refractivity contribution < 1.29 is 9.59 Å². The second-order valence-corrected chi connectivity index (χ2v) is 8.54. The summed E-state index contributed by atoms with van der Waals surface area (Å²) in [6.45, 7) is 6.19. The van der Waals surface area contributed by atoms with E-state index < -0.39 is 0 Å². The molecule has 1 aromatic heterocycles. The number of hydrogen-bond acceptors (Lipinski definition) is 4. The number of hydrogen-bond donors (Lipinski definition) is 0. The zero-order valence-electron chi connectivity index (χ0n) is 14.7. The molecule has 0 aliphatic carbocycles. The minimum atomic E-state index is -0.0989. The Bertz CT molecular complexity index is 881. The van der Waals surface area contributed by atoms with E-state index in [9.17, 15) is 9.59 Å². The number of amides is 2. The molecule has 2 aliphatic rings. The molecule has 1 aromatic carbocycles. The summed E-state index contributed by atoms with van der Waals surface area (Å²) in [7, 11) is 0.